The average Bonchev–Trinajstić information content (AvgIpc) is 2.93. The molecular formula is C14H14N2O3S. The van der Waals surface area contributed by atoms with Crippen molar-refractivity contribution in [1.29, 1.82) is 0 Å². The zero-order valence-electron chi connectivity index (χ0n) is 10.8. The average molecular weight is 290 g/mol. The van der Waals surface area contributed by atoms with Gasteiger partial charge in [0.2, 0.25) is 0 Å². The Labute approximate surface area is 119 Å². The van der Waals surface area contributed by atoms with Crippen LogP contribution in [0.4, 0.5) is 0 Å². The molecule has 0 aliphatic carbocycles. The van der Waals surface area contributed by atoms with Crippen molar-refractivity contribution in [2.45, 2.75) is 24.8 Å². The first kappa shape index (κ1) is 13.2. The highest BCUT2D eigenvalue weighted by Gasteiger charge is 2.20. The third-order valence-electron chi connectivity index (χ3n) is 3.23. The predicted octanol–water partition coefficient (Wildman–Crippen LogP) is 1.46. The summed E-state index contributed by atoms with van der Waals surface area (Å²) in [6.45, 7) is 0.599. The van der Waals surface area contributed by atoms with E-state index < -0.39 is 5.69 Å². The molecule has 1 aliphatic rings. The van der Waals surface area contributed by atoms with Gasteiger partial charge < -0.3 is 4.74 Å². The summed E-state index contributed by atoms with van der Waals surface area (Å²) in [5, 5.41) is 0. The van der Waals surface area contributed by atoms with Gasteiger partial charge in [-0.25, -0.2) is 4.79 Å². The van der Waals surface area contributed by atoms with Crippen molar-refractivity contribution in [3.63, 3.8) is 0 Å². The molecule has 20 heavy (non-hydrogen) atoms. The van der Waals surface area contributed by atoms with E-state index in [0.717, 1.165) is 11.3 Å². The van der Waals surface area contributed by atoms with Gasteiger partial charge in [-0.3, -0.25) is 14.3 Å². The summed E-state index contributed by atoms with van der Waals surface area (Å²) in [5.41, 5.74) is 1.87. The fraction of sp³-hybridized carbons (Fsp3) is 0.286. The highest BCUT2D eigenvalue weighted by Crippen LogP contribution is 2.25. The summed E-state index contributed by atoms with van der Waals surface area (Å²) in [4.78, 5) is 25.9. The van der Waals surface area contributed by atoms with Crippen LogP contribution in [0.2, 0.25) is 0 Å². The lowest BCUT2D eigenvalue weighted by Gasteiger charge is -2.11. The Balaban J connectivity index is 1.77. The standard InChI is InChI=1S/C14H14N2O3S/c17-13-11-7-20-8-12(11)16(14(18)15-13)9-19-6-10-4-2-1-3-5-10/h1-5H,6-9H2,(H,15,17,18). The highest BCUT2D eigenvalue weighted by molar-refractivity contribution is 7.98. The molecule has 5 nitrogen and oxygen atoms in total. The van der Waals surface area contributed by atoms with Crippen molar-refractivity contribution in [1.82, 2.24) is 9.55 Å². The lowest BCUT2D eigenvalue weighted by atomic mass is 10.2. The molecule has 1 N–H and O–H groups in total. The van der Waals surface area contributed by atoms with Crippen molar-refractivity contribution in [3.05, 3.63) is 68.0 Å². The van der Waals surface area contributed by atoms with E-state index in [1.807, 2.05) is 30.3 Å². The number of benzene rings is 1. The van der Waals surface area contributed by atoms with Gasteiger partial charge in [0, 0.05) is 22.8 Å². The monoisotopic (exact) mass is 290 g/mol. The minimum Gasteiger partial charge on any atom is -0.356 e. The Morgan fingerprint density at radius 2 is 2.00 bits per heavy atom. The van der Waals surface area contributed by atoms with Crippen LogP contribution < -0.4 is 11.2 Å². The lowest BCUT2D eigenvalue weighted by molar-refractivity contribution is 0.0593. The number of hydrogen-bond acceptors (Lipinski definition) is 4. The van der Waals surface area contributed by atoms with Gasteiger partial charge in [-0.2, -0.15) is 11.8 Å². The summed E-state index contributed by atoms with van der Waals surface area (Å²) in [5.74, 6) is 1.34. The normalized spacial score (nSPS) is 13.4. The number of fused-ring (bicyclic) bond motifs is 1. The van der Waals surface area contributed by atoms with Gasteiger partial charge in [0.15, 0.2) is 0 Å². The molecule has 1 aromatic carbocycles. The summed E-state index contributed by atoms with van der Waals surface area (Å²) in [6, 6.07) is 9.77. The molecule has 6 heteroatoms. The van der Waals surface area contributed by atoms with Gasteiger partial charge in [0.05, 0.1) is 6.61 Å². The Morgan fingerprint density at radius 1 is 1.20 bits per heavy atom. The third kappa shape index (κ3) is 2.57. The Morgan fingerprint density at radius 3 is 2.80 bits per heavy atom. The van der Waals surface area contributed by atoms with Crippen molar-refractivity contribution < 1.29 is 4.74 Å². The Hall–Kier alpha value is -1.79. The zero-order valence-corrected chi connectivity index (χ0v) is 11.6. The van der Waals surface area contributed by atoms with Gasteiger partial charge in [0.25, 0.3) is 5.56 Å². The van der Waals surface area contributed by atoms with Crippen molar-refractivity contribution in [3.8, 4) is 0 Å². The fourth-order valence-corrected chi connectivity index (χ4v) is 3.31. The first-order valence-corrected chi connectivity index (χ1v) is 7.45. The minimum absolute atomic E-state index is 0.160. The molecule has 0 spiro atoms. The van der Waals surface area contributed by atoms with Gasteiger partial charge in [-0.05, 0) is 5.56 Å². The zero-order chi connectivity index (χ0) is 13.9. The Bertz CT molecular complexity index is 721. The number of hydrogen-bond donors (Lipinski definition) is 1. The largest absolute Gasteiger partial charge is 0.356 e. The molecule has 1 aliphatic heterocycles. The number of thioether (sulfide) groups is 1. The van der Waals surface area contributed by atoms with Crippen LogP contribution in [0.25, 0.3) is 0 Å². The van der Waals surface area contributed by atoms with Crippen LogP contribution in [0.15, 0.2) is 39.9 Å². The molecule has 2 aromatic rings. The van der Waals surface area contributed by atoms with E-state index >= 15 is 0 Å². The molecule has 0 atom stereocenters. The van der Waals surface area contributed by atoms with Gasteiger partial charge in [0.1, 0.15) is 6.73 Å². The second-order valence-electron chi connectivity index (χ2n) is 4.57. The van der Waals surface area contributed by atoms with Crippen LogP contribution in [0.5, 0.6) is 0 Å². The first-order valence-electron chi connectivity index (χ1n) is 6.30. The second-order valence-corrected chi connectivity index (χ2v) is 5.55. The van der Waals surface area contributed by atoms with Crippen LogP contribution in [0, 0.1) is 0 Å². The molecule has 0 unspecified atom stereocenters. The molecule has 0 radical (unpaired) electrons. The maximum atomic E-state index is 11.9. The summed E-state index contributed by atoms with van der Waals surface area (Å²) >= 11 is 1.63. The van der Waals surface area contributed by atoms with E-state index in [0.29, 0.717) is 23.7 Å². The maximum Gasteiger partial charge on any atom is 0.330 e. The first-order chi connectivity index (χ1) is 9.75. The number of rotatable bonds is 4. The maximum absolute atomic E-state index is 11.9. The molecule has 1 aromatic heterocycles. The minimum atomic E-state index is -0.399. The molecule has 0 bridgehead atoms. The number of aromatic amines is 1. The molecule has 0 saturated heterocycles. The van der Waals surface area contributed by atoms with E-state index in [1.165, 1.54) is 4.57 Å². The van der Waals surface area contributed by atoms with E-state index in [9.17, 15) is 9.59 Å². The number of H-pyrrole nitrogens is 1. The fourth-order valence-electron chi connectivity index (χ4n) is 2.19. The van der Waals surface area contributed by atoms with Gasteiger partial charge >= 0.3 is 5.69 Å². The topological polar surface area (TPSA) is 64.1 Å². The van der Waals surface area contributed by atoms with Crippen LogP contribution in [-0.4, -0.2) is 9.55 Å². The molecule has 0 amide bonds. The molecule has 0 saturated carbocycles. The van der Waals surface area contributed by atoms with Crippen molar-refractivity contribution in [2.75, 3.05) is 0 Å². The lowest BCUT2D eigenvalue weighted by Crippen LogP contribution is -2.34. The third-order valence-corrected chi connectivity index (χ3v) is 4.20. The quantitative estimate of drug-likeness (QED) is 0.926. The highest BCUT2D eigenvalue weighted by atomic mass is 32.2. The smallest absolute Gasteiger partial charge is 0.330 e. The molecular weight excluding hydrogens is 276 g/mol. The van der Waals surface area contributed by atoms with Gasteiger partial charge in [-0.1, -0.05) is 30.3 Å². The van der Waals surface area contributed by atoms with Gasteiger partial charge in [-0.15, -0.1) is 0 Å². The van der Waals surface area contributed by atoms with Crippen molar-refractivity contribution in [2.24, 2.45) is 0 Å². The van der Waals surface area contributed by atoms with E-state index in [2.05, 4.69) is 4.98 Å². The van der Waals surface area contributed by atoms with Crippen LogP contribution in [0.1, 0.15) is 16.8 Å². The molecule has 2 heterocycles. The summed E-state index contributed by atoms with van der Waals surface area (Å²) in [7, 11) is 0. The number of nitrogens with zero attached hydrogens (tertiary/aromatic N) is 1. The van der Waals surface area contributed by atoms with Crippen LogP contribution >= 0.6 is 11.8 Å². The van der Waals surface area contributed by atoms with Crippen LogP contribution in [-0.2, 0) is 29.6 Å². The second kappa shape index (κ2) is 5.68. The van der Waals surface area contributed by atoms with E-state index in [4.69, 9.17) is 4.74 Å². The molecule has 104 valence electrons. The number of nitrogens with one attached hydrogen (secondary N) is 1. The molecule has 0 fully saturated rings. The number of ether oxygens (including phenoxy) is 1. The number of aromatic nitrogens is 2. The Kier molecular flexibility index (Phi) is 3.75. The van der Waals surface area contributed by atoms with E-state index in [1.54, 1.807) is 11.8 Å². The van der Waals surface area contributed by atoms with Crippen molar-refractivity contribution >= 4 is 11.8 Å². The van der Waals surface area contributed by atoms with Crippen LogP contribution in [0.3, 0.4) is 0 Å². The molecule has 3 rings (SSSR count). The van der Waals surface area contributed by atoms with E-state index in [-0.39, 0.29) is 12.3 Å². The SMILES string of the molecule is O=c1[nH]c(=O)n(COCc2ccccc2)c2c1CSC2. The summed E-state index contributed by atoms with van der Waals surface area (Å²) in [6.07, 6.45) is 0. The predicted molar refractivity (Wildman–Crippen MR) is 77.6 cm³/mol. The summed E-state index contributed by atoms with van der Waals surface area (Å²) < 4.78 is 7.10.